The van der Waals surface area contributed by atoms with E-state index in [1.54, 1.807) is 19.4 Å². The fraction of sp³-hybridized carbons (Fsp3) is 0.115. The molecule has 0 spiro atoms. The van der Waals surface area contributed by atoms with Gasteiger partial charge in [0.15, 0.2) is 15.8 Å². The Labute approximate surface area is 220 Å². The van der Waals surface area contributed by atoms with E-state index in [4.69, 9.17) is 9.47 Å². The third kappa shape index (κ3) is 7.17. The molecule has 0 aliphatic heterocycles. The molecule has 0 fully saturated rings. The van der Waals surface area contributed by atoms with Crippen molar-refractivity contribution >= 4 is 51.2 Å². The second kappa shape index (κ2) is 12.5. The number of aromatic nitrogens is 1. The summed E-state index contributed by atoms with van der Waals surface area (Å²) in [6.45, 7) is 0.420. The molecule has 3 aromatic carbocycles. The molecule has 6 nitrogen and oxygen atoms in total. The Morgan fingerprint density at radius 3 is 2.63 bits per heavy atom. The van der Waals surface area contributed by atoms with E-state index in [9.17, 15) is 4.79 Å². The Balaban J connectivity index is 1.30. The molecule has 0 atom stereocenters. The number of ether oxygens (including phenoxy) is 2. The summed E-state index contributed by atoms with van der Waals surface area (Å²) in [4.78, 5) is 16.8. The highest BCUT2D eigenvalue weighted by molar-refractivity contribution is 9.10. The predicted molar refractivity (Wildman–Crippen MR) is 145 cm³/mol. The van der Waals surface area contributed by atoms with Crippen LogP contribution in [0, 0.1) is 0 Å². The van der Waals surface area contributed by atoms with E-state index in [2.05, 4.69) is 31.4 Å². The summed E-state index contributed by atoms with van der Waals surface area (Å²) in [5, 5.41) is 6.07. The van der Waals surface area contributed by atoms with Gasteiger partial charge in [-0.3, -0.25) is 4.79 Å². The molecule has 0 bridgehead atoms. The van der Waals surface area contributed by atoms with E-state index >= 15 is 0 Å². The van der Waals surface area contributed by atoms with E-state index in [0.717, 1.165) is 31.2 Å². The van der Waals surface area contributed by atoms with Gasteiger partial charge in [0.25, 0.3) is 5.91 Å². The lowest BCUT2D eigenvalue weighted by Crippen LogP contribution is -2.19. The molecular weight excluding hydrogens is 546 g/mol. The number of hydrogen-bond donors (Lipinski definition) is 1. The van der Waals surface area contributed by atoms with Gasteiger partial charge in [0.05, 0.1) is 29.2 Å². The number of hydrogen-bond acceptors (Lipinski definition) is 7. The first-order valence-electron chi connectivity index (χ1n) is 10.6. The highest BCUT2D eigenvalue weighted by atomic mass is 79.9. The zero-order valence-corrected chi connectivity index (χ0v) is 22.0. The van der Waals surface area contributed by atoms with E-state index in [1.165, 1.54) is 23.1 Å². The molecule has 178 valence electrons. The van der Waals surface area contributed by atoms with Crippen molar-refractivity contribution in [3.63, 3.8) is 0 Å². The molecule has 4 rings (SSSR count). The van der Waals surface area contributed by atoms with Gasteiger partial charge in [-0.15, -0.1) is 11.3 Å². The maximum absolute atomic E-state index is 12.2. The van der Waals surface area contributed by atoms with E-state index in [1.807, 2.05) is 72.1 Å². The zero-order chi connectivity index (χ0) is 24.5. The predicted octanol–water partition coefficient (Wildman–Crippen LogP) is 6.40. The minimum atomic E-state index is -0.212. The number of thioether (sulfide) groups is 1. The van der Waals surface area contributed by atoms with Gasteiger partial charge in [-0.05, 0) is 39.2 Å². The van der Waals surface area contributed by atoms with Crippen molar-refractivity contribution in [2.75, 3.05) is 12.9 Å². The Morgan fingerprint density at radius 2 is 1.89 bits per heavy atom. The van der Waals surface area contributed by atoms with Gasteiger partial charge in [-0.2, -0.15) is 5.10 Å². The van der Waals surface area contributed by atoms with Crippen molar-refractivity contribution in [3.8, 4) is 22.8 Å². The van der Waals surface area contributed by atoms with Gasteiger partial charge in [0, 0.05) is 10.9 Å². The number of rotatable bonds is 10. The van der Waals surface area contributed by atoms with Crippen molar-refractivity contribution in [2.45, 2.75) is 10.9 Å². The van der Waals surface area contributed by atoms with Crippen LogP contribution in [0.25, 0.3) is 11.3 Å². The van der Waals surface area contributed by atoms with Crippen LogP contribution < -0.4 is 14.9 Å². The summed E-state index contributed by atoms with van der Waals surface area (Å²) in [5.74, 6) is 1.18. The molecule has 1 heterocycles. The number of thiazole rings is 1. The average Bonchev–Trinajstić information content (AvgIpc) is 3.37. The third-order valence-corrected chi connectivity index (χ3v) is 7.37. The topological polar surface area (TPSA) is 72.8 Å². The third-order valence-electron chi connectivity index (χ3n) is 4.76. The van der Waals surface area contributed by atoms with Gasteiger partial charge in [0.2, 0.25) is 0 Å². The number of nitrogens with one attached hydrogen (secondary N) is 1. The first kappa shape index (κ1) is 25.0. The van der Waals surface area contributed by atoms with Gasteiger partial charge in [-0.1, -0.05) is 72.4 Å². The van der Waals surface area contributed by atoms with Crippen LogP contribution in [0.3, 0.4) is 0 Å². The average molecular weight is 569 g/mol. The lowest BCUT2D eigenvalue weighted by atomic mass is 10.2. The molecular formula is C26H22BrN3O3S2. The normalized spacial score (nSPS) is 10.9. The van der Waals surface area contributed by atoms with E-state index in [0.29, 0.717) is 18.1 Å². The second-order valence-corrected chi connectivity index (χ2v) is 10.2. The van der Waals surface area contributed by atoms with Crippen molar-refractivity contribution < 1.29 is 14.3 Å². The molecule has 0 unspecified atom stereocenters. The Kier molecular flexibility index (Phi) is 8.94. The number of halogens is 1. The molecule has 0 saturated carbocycles. The standard InChI is InChI=1S/C26H22BrN3O3S2/c1-32-23-13-19(12-21(27)25(23)33-15-18-8-4-2-5-9-18)14-28-30-24(31)17-35-26-29-22(16-34-26)20-10-6-3-7-11-20/h2-14,16H,15,17H2,1H3,(H,30,31)/b28-14+. The summed E-state index contributed by atoms with van der Waals surface area (Å²) >= 11 is 6.44. The van der Waals surface area contributed by atoms with Crippen molar-refractivity contribution in [2.24, 2.45) is 5.10 Å². The first-order valence-corrected chi connectivity index (χ1v) is 13.3. The van der Waals surface area contributed by atoms with Gasteiger partial charge in [-0.25, -0.2) is 10.4 Å². The van der Waals surface area contributed by atoms with Crippen LogP contribution in [0.1, 0.15) is 11.1 Å². The van der Waals surface area contributed by atoms with Crippen LogP contribution >= 0.6 is 39.0 Å². The van der Waals surface area contributed by atoms with E-state index < -0.39 is 0 Å². The maximum atomic E-state index is 12.2. The van der Waals surface area contributed by atoms with Gasteiger partial charge in [0.1, 0.15) is 6.61 Å². The lowest BCUT2D eigenvalue weighted by Gasteiger charge is -2.13. The maximum Gasteiger partial charge on any atom is 0.250 e. The van der Waals surface area contributed by atoms with Crippen LogP contribution in [0.4, 0.5) is 0 Å². The molecule has 0 radical (unpaired) electrons. The quantitative estimate of drug-likeness (QED) is 0.136. The van der Waals surface area contributed by atoms with Crippen molar-refractivity contribution in [1.29, 1.82) is 0 Å². The first-order chi connectivity index (χ1) is 17.1. The molecule has 0 aliphatic rings. The molecule has 0 aliphatic carbocycles. The Bertz CT molecular complexity index is 1300. The number of benzene rings is 3. The van der Waals surface area contributed by atoms with Crippen LogP contribution in [0.15, 0.2) is 92.1 Å². The Morgan fingerprint density at radius 1 is 1.14 bits per heavy atom. The molecule has 35 heavy (non-hydrogen) atoms. The van der Waals surface area contributed by atoms with Gasteiger partial charge < -0.3 is 9.47 Å². The SMILES string of the molecule is COc1cc(/C=N/NC(=O)CSc2nc(-c3ccccc3)cs2)cc(Br)c1OCc1ccccc1. The van der Waals surface area contributed by atoms with Crippen LogP contribution in [0.2, 0.25) is 0 Å². The summed E-state index contributed by atoms with van der Waals surface area (Å²) in [6, 6.07) is 23.5. The van der Waals surface area contributed by atoms with Crippen LogP contribution in [-0.4, -0.2) is 30.0 Å². The van der Waals surface area contributed by atoms with Gasteiger partial charge >= 0.3 is 0 Å². The molecule has 1 N–H and O–H groups in total. The molecule has 9 heteroatoms. The van der Waals surface area contributed by atoms with Crippen molar-refractivity contribution in [3.05, 3.63) is 93.8 Å². The summed E-state index contributed by atoms with van der Waals surface area (Å²) < 4.78 is 13.0. The summed E-state index contributed by atoms with van der Waals surface area (Å²) in [5.41, 5.74) is 6.33. The zero-order valence-electron chi connectivity index (χ0n) is 18.8. The van der Waals surface area contributed by atoms with E-state index in [-0.39, 0.29) is 11.7 Å². The van der Waals surface area contributed by atoms with Crippen LogP contribution in [-0.2, 0) is 11.4 Å². The number of carbonyl (C=O) groups excluding carboxylic acids is 1. The number of hydrazone groups is 1. The van der Waals surface area contributed by atoms with Crippen LogP contribution in [0.5, 0.6) is 11.5 Å². The molecule has 1 aromatic heterocycles. The fourth-order valence-electron chi connectivity index (χ4n) is 3.09. The highest BCUT2D eigenvalue weighted by Crippen LogP contribution is 2.37. The Hall–Kier alpha value is -3.14. The highest BCUT2D eigenvalue weighted by Gasteiger charge is 2.12. The summed E-state index contributed by atoms with van der Waals surface area (Å²) in [7, 11) is 1.58. The molecule has 1 amide bonds. The monoisotopic (exact) mass is 567 g/mol. The fourth-order valence-corrected chi connectivity index (χ4v) is 5.29. The molecule has 0 saturated heterocycles. The second-order valence-electron chi connectivity index (χ2n) is 7.25. The largest absolute Gasteiger partial charge is 0.493 e. The number of amides is 1. The number of nitrogens with zero attached hydrogens (tertiary/aromatic N) is 2. The summed E-state index contributed by atoms with van der Waals surface area (Å²) in [6.07, 6.45) is 1.56. The van der Waals surface area contributed by atoms with Crippen molar-refractivity contribution in [1.82, 2.24) is 10.4 Å². The smallest absolute Gasteiger partial charge is 0.250 e. The lowest BCUT2D eigenvalue weighted by molar-refractivity contribution is -0.118. The minimum absolute atomic E-state index is 0.212. The minimum Gasteiger partial charge on any atom is -0.493 e. The number of methoxy groups -OCH3 is 1. The molecule has 4 aromatic rings. The number of carbonyl (C=O) groups is 1.